The lowest BCUT2D eigenvalue weighted by Gasteiger charge is -2.21. The van der Waals surface area contributed by atoms with Crippen LogP contribution < -0.4 is 5.32 Å². The van der Waals surface area contributed by atoms with E-state index in [1.165, 1.54) is 0 Å². The molecule has 6 heteroatoms. The number of nitrogens with one attached hydrogen (secondary N) is 1. The molecular formula is C18H23N3O3. The molecule has 1 aromatic heterocycles. The van der Waals surface area contributed by atoms with Crippen molar-refractivity contribution in [3.8, 4) is 0 Å². The van der Waals surface area contributed by atoms with Crippen LogP contribution in [0.1, 0.15) is 52.7 Å². The van der Waals surface area contributed by atoms with E-state index in [1.807, 2.05) is 38.4 Å². The molecule has 2 aromatic rings. The second-order valence-corrected chi connectivity index (χ2v) is 6.74. The van der Waals surface area contributed by atoms with Crippen LogP contribution in [0, 0.1) is 6.92 Å². The minimum absolute atomic E-state index is 0.169. The van der Waals surface area contributed by atoms with E-state index in [9.17, 15) is 9.59 Å². The van der Waals surface area contributed by atoms with Crippen molar-refractivity contribution in [1.82, 2.24) is 15.1 Å². The average Bonchev–Trinajstić information content (AvgIpc) is 2.89. The van der Waals surface area contributed by atoms with Gasteiger partial charge in [0.2, 0.25) is 0 Å². The van der Waals surface area contributed by atoms with Crippen LogP contribution in [0.2, 0.25) is 0 Å². The number of nitrogens with zero attached hydrogens (tertiary/aromatic N) is 2. The smallest absolute Gasteiger partial charge is 0.335 e. The van der Waals surface area contributed by atoms with E-state index in [4.69, 9.17) is 5.11 Å². The lowest BCUT2D eigenvalue weighted by atomic mass is 10.1. The van der Waals surface area contributed by atoms with Gasteiger partial charge in [0.25, 0.3) is 5.91 Å². The van der Waals surface area contributed by atoms with Crippen molar-refractivity contribution in [3.05, 3.63) is 52.8 Å². The summed E-state index contributed by atoms with van der Waals surface area (Å²) in [5, 5.41) is 16.1. The Hall–Kier alpha value is -2.63. The van der Waals surface area contributed by atoms with Crippen LogP contribution in [0.5, 0.6) is 0 Å². The third-order valence-corrected chi connectivity index (χ3v) is 3.76. The molecule has 0 saturated carbocycles. The Morgan fingerprint density at radius 3 is 2.58 bits per heavy atom. The zero-order valence-electron chi connectivity index (χ0n) is 14.5. The van der Waals surface area contributed by atoms with Gasteiger partial charge < -0.3 is 10.4 Å². The first-order valence-corrected chi connectivity index (χ1v) is 7.85. The van der Waals surface area contributed by atoms with Gasteiger partial charge in [-0.1, -0.05) is 12.1 Å². The quantitative estimate of drug-likeness (QED) is 0.883. The SMILES string of the molecule is Cc1c(C(=O)NCCc2cccc(C(=O)O)c2)cnn1C(C)(C)C. The van der Waals surface area contributed by atoms with Gasteiger partial charge >= 0.3 is 5.97 Å². The first-order chi connectivity index (χ1) is 11.2. The molecular weight excluding hydrogens is 306 g/mol. The molecule has 0 radical (unpaired) electrons. The van der Waals surface area contributed by atoms with Gasteiger partial charge in [0, 0.05) is 12.2 Å². The molecule has 2 N–H and O–H groups in total. The topological polar surface area (TPSA) is 84.2 Å². The fourth-order valence-electron chi connectivity index (χ4n) is 2.58. The van der Waals surface area contributed by atoms with Crippen LogP contribution in [0.4, 0.5) is 0 Å². The van der Waals surface area contributed by atoms with Gasteiger partial charge in [0.15, 0.2) is 0 Å². The average molecular weight is 329 g/mol. The molecule has 1 heterocycles. The van der Waals surface area contributed by atoms with Crippen LogP contribution in [-0.4, -0.2) is 33.3 Å². The third kappa shape index (κ3) is 4.01. The highest BCUT2D eigenvalue weighted by Crippen LogP contribution is 2.18. The maximum atomic E-state index is 12.3. The van der Waals surface area contributed by atoms with E-state index in [-0.39, 0.29) is 17.0 Å². The Morgan fingerprint density at radius 2 is 2.00 bits per heavy atom. The van der Waals surface area contributed by atoms with E-state index in [0.717, 1.165) is 11.3 Å². The zero-order chi connectivity index (χ0) is 17.9. The van der Waals surface area contributed by atoms with Gasteiger partial charge in [-0.25, -0.2) is 4.79 Å². The molecule has 128 valence electrons. The number of carboxylic acid groups (broad SMARTS) is 1. The molecule has 0 atom stereocenters. The minimum atomic E-state index is -0.953. The molecule has 0 unspecified atom stereocenters. The van der Waals surface area contributed by atoms with Gasteiger partial charge in [0.1, 0.15) is 0 Å². The Balaban J connectivity index is 1.98. The summed E-state index contributed by atoms with van der Waals surface area (Å²) in [5.74, 6) is -1.12. The minimum Gasteiger partial charge on any atom is -0.478 e. The molecule has 1 aromatic carbocycles. The summed E-state index contributed by atoms with van der Waals surface area (Å²) in [6.45, 7) is 8.41. The van der Waals surface area contributed by atoms with Crippen LogP contribution in [0.25, 0.3) is 0 Å². The molecule has 0 bridgehead atoms. The second-order valence-electron chi connectivity index (χ2n) is 6.74. The fraction of sp³-hybridized carbons (Fsp3) is 0.389. The van der Waals surface area contributed by atoms with Crippen LogP contribution in [-0.2, 0) is 12.0 Å². The molecule has 0 aliphatic carbocycles. The number of rotatable bonds is 5. The summed E-state index contributed by atoms with van der Waals surface area (Å²) >= 11 is 0. The predicted molar refractivity (Wildman–Crippen MR) is 91.4 cm³/mol. The van der Waals surface area contributed by atoms with Gasteiger partial charge in [0.05, 0.1) is 22.9 Å². The number of carbonyl (C=O) groups excluding carboxylic acids is 1. The molecule has 0 saturated heterocycles. The van der Waals surface area contributed by atoms with Crippen molar-refractivity contribution in [2.45, 2.75) is 39.7 Å². The second kappa shape index (κ2) is 6.86. The number of amides is 1. The standard InChI is InChI=1S/C18H23N3O3/c1-12-15(11-20-21(12)18(2,3)4)16(22)19-9-8-13-6-5-7-14(10-13)17(23)24/h5-7,10-11H,8-9H2,1-4H3,(H,19,22)(H,23,24). The Labute approximate surface area is 141 Å². The first-order valence-electron chi connectivity index (χ1n) is 7.85. The van der Waals surface area contributed by atoms with Gasteiger partial charge in [-0.3, -0.25) is 9.48 Å². The van der Waals surface area contributed by atoms with E-state index in [0.29, 0.717) is 18.5 Å². The summed E-state index contributed by atoms with van der Waals surface area (Å²) in [6.07, 6.45) is 2.15. The van der Waals surface area contributed by atoms with Crippen molar-refractivity contribution in [2.75, 3.05) is 6.54 Å². The monoisotopic (exact) mass is 329 g/mol. The van der Waals surface area contributed by atoms with E-state index in [2.05, 4.69) is 10.4 Å². The van der Waals surface area contributed by atoms with Crippen molar-refractivity contribution >= 4 is 11.9 Å². The molecule has 6 nitrogen and oxygen atoms in total. The molecule has 0 spiro atoms. The molecule has 0 aliphatic rings. The zero-order valence-corrected chi connectivity index (χ0v) is 14.5. The van der Waals surface area contributed by atoms with Crippen molar-refractivity contribution < 1.29 is 14.7 Å². The number of aromatic carboxylic acids is 1. The number of hydrogen-bond donors (Lipinski definition) is 2. The van der Waals surface area contributed by atoms with E-state index < -0.39 is 5.97 Å². The van der Waals surface area contributed by atoms with Crippen molar-refractivity contribution in [1.29, 1.82) is 0 Å². The maximum absolute atomic E-state index is 12.3. The Bertz CT molecular complexity index is 757. The predicted octanol–water partition coefficient (Wildman–Crippen LogP) is 2.62. The maximum Gasteiger partial charge on any atom is 0.335 e. The molecule has 1 amide bonds. The Morgan fingerprint density at radius 1 is 1.29 bits per heavy atom. The fourth-order valence-corrected chi connectivity index (χ4v) is 2.58. The van der Waals surface area contributed by atoms with Gasteiger partial charge in [-0.2, -0.15) is 5.10 Å². The molecule has 0 aliphatic heterocycles. The summed E-state index contributed by atoms with van der Waals surface area (Å²) in [4.78, 5) is 23.3. The number of aromatic nitrogens is 2. The lowest BCUT2D eigenvalue weighted by Crippen LogP contribution is -2.28. The summed E-state index contributed by atoms with van der Waals surface area (Å²) < 4.78 is 1.83. The van der Waals surface area contributed by atoms with E-state index >= 15 is 0 Å². The van der Waals surface area contributed by atoms with Crippen molar-refractivity contribution in [2.24, 2.45) is 0 Å². The van der Waals surface area contributed by atoms with Crippen LogP contribution in [0.15, 0.2) is 30.5 Å². The number of benzene rings is 1. The largest absolute Gasteiger partial charge is 0.478 e. The van der Waals surface area contributed by atoms with Gasteiger partial charge in [-0.15, -0.1) is 0 Å². The van der Waals surface area contributed by atoms with E-state index in [1.54, 1.807) is 24.4 Å². The first kappa shape index (κ1) is 17.7. The van der Waals surface area contributed by atoms with Crippen molar-refractivity contribution in [3.63, 3.8) is 0 Å². The lowest BCUT2D eigenvalue weighted by molar-refractivity contribution is 0.0696. The normalized spacial score (nSPS) is 11.3. The number of carboxylic acids is 1. The third-order valence-electron chi connectivity index (χ3n) is 3.76. The van der Waals surface area contributed by atoms with Crippen LogP contribution >= 0.6 is 0 Å². The molecule has 0 fully saturated rings. The summed E-state index contributed by atoms with van der Waals surface area (Å²) in [5.41, 5.74) is 2.33. The summed E-state index contributed by atoms with van der Waals surface area (Å²) in [7, 11) is 0. The highest BCUT2D eigenvalue weighted by Gasteiger charge is 2.21. The highest BCUT2D eigenvalue weighted by atomic mass is 16.4. The molecule has 24 heavy (non-hydrogen) atoms. The van der Waals surface area contributed by atoms with Crippen LogP contribution in [0.3, 0.4) is 0 Å². The summed E-state index contributed by atoms with van der Waals surface area (Å²) in [6, 6.07) is 6.73. The Kier molecular flexibility index (Phi) is 5.07. The highest BCUT2D eigenvalue weighted by molar-refractivity contribution is 5.95. The molecule has 2 rings (SSSR count). The number of carbonyl (C=O) groups is 2. The number of hydrogen-bond acceptors (Lipinski definition) is 3. The van der Waals surface area contributed by atoms with Gasteiger partial charge in [-0.05, 0) is 51.8 Å².